The molecule has 1 fully saturated rings. The summed E-state index contributed by atoms with van der Waals surface area (Å²) in [6.45, 7) is 10.1. The number of rotatable bonds is 2. The van der Waals surface area contributed by atoms with Crippen LogP contribution in [0.3, 0.4) is 0 Å². The molecule has 1 aliphatic rings. The van der Waals surface area contributed by atoms with E-state index in [1.165, 1.54) is 38.5 Å². The zero-order valence-corrected chi connectivity index (χ0v) is 10.9. The second-order valence-electron chi connectivity index (χ2n) is 5.66. The van der Waals surface area contributed by atoms with Crippen LogP contribution in [0.1, 0.15) is 52.4 Å². The fourth-order valence-electron chi connectivity index (χ4n) is 2.49. The molecule has 0 atom stereocenters. The Morgan fingerprint density at radius 1 is 0.923 bits per heavy atom. The number of hydrogen-bond acceptors (Lipinski definition) is 0. The van der Waals surface area contributed by atoms with Gasteiger partial charge in [0.1, 0.15) is 0 Å². The third kappa shape index (κ3) is 2.83. The standard InChI is InChI=1S/C12H26Si/c1-11(2)13(3,4)12-9-7-5-6-8-10-12/h11-12H,5-10H2,1-4H3. The van der Waals surface area contributed by atoms with Gasteiger partial charge in [0, 0.05) is 0 Å². The van der Waals surface area contributed by atoms with Gasteiger partial charge in [-0.15, -0.1) is 0 Å². The van der Waals surface area contributed by atoms with Crippen LogP contribution in [0.2, 0.25) is 24.2 Å². The first-order valence-corrected chi connectivity index (χ1v) is 9.20. The van der Waals surface area contributed by atoms with Gasteiger partial charge in [-0.05, 0) is 5.54 Å². The van der Waals surface area contributed by atoms with Crippen molar-refractivity contribution in [2.24, 2.45) is 0 Å². The van der Waals surface area contributed by atoms with Gasteiger partial charge in [-0.2, -0.15) is 0 Å². The predicted octanol–water partition coefficient (Wildman–Crippen LogP) is 4.83. The molecule has 0 nitrogen and oxygen atoms in total. The van der Waals surface area contributed by atoms with Gasteiger partial charge in [0.15, 0.2) is 0 Å². The van der Waals surface area contributed by atoms with E-state index in [4.69, 9.17) is 0 Å². The van der Waals surface area contributed by atoms with Crippen LogP contribution in [0.15, 0.2) is 0 Å². The molecular weight excluding hydrogens is 172 g/mol. The molecule has 0 aromatic heterocycles. The van der Waals surface area contributed by atoms with Crippen molar-refractivity contribution in [1.29, 1.82) is 0 Å². The molecule has 0 aliphatic heterocycles. The van der Waals surface area contributed by atoms with E-state index in [0.29, 0.717) is 0 Å². The van der Waals surface area contributed by atoms with Crippen molar-refractivity contribution in [1.82, 2.24) is 0 Å². The quantitative estimate of drug-likeness (QED) is 0.440. The minimum Gasteiger partial charge on any atom is -0.0690 e. The SMILES string of the molecule is CC(C)[Si](C)(C)C1CCCCCC1. The lowest BCUT2D eigenvalue weighted by Gasteiger charge is -2.35. The van der Waals surface area contributed by atoms with E-state index >= 15 is 0 Å². The fourth-order valence-corrected chi connectivity index (χ4v) is 5.33. The summed E-state index contributed by atoms with van der Waals surface area (Å²) in [6, 6.07) is 0. The molecule has 0 bridgehead atoms. The monoisotopic (exact) mass is 198 g/mol. The Morgan fingerprint density at radius 3 is 1.77 bits per heavy atom. The summed E-state index contributed by atoms with van der Waals surface area (Å²) >= 11 is 0. The maximum atomic E-state index is 2.60. The lowest BCUT2D eigenvalue weighted by molar-refractivity contribution is 0.661. The summed E-state index contributed by atoms with van der Waals surface area (Å²) in [4.78, 5) is 0. The Kier molecular flexibility index (Phi) is 4.02. The van der Waals surface area contributed by atoms with Crippen LogP contribution in [-0.4, -0.2) is 8.07 Å². The van der Waals surface area contributed by atoms with Gasteiger partial charge < -0.3 is 0 Å². The topological polar surface area (TPSA) is 0 Å². The van der Waals surface area contributed by atoms with Crippen molar-refractivity contribution in [3.05, 3.63) is 0 Å². The first-order valence-electron chi connectivity index (χ1n) is 6.05. The summed E-state index contributed by atoms with van der Waals surface area (Å²) in [5.41, 5.74) is 2.09. The predicted molar refractivity (Wildman–Crippen MR) is 64.0 cm³/mol. The molecule has 0 aromatic rings. The Labute approximate surface area is 85.1 Å². The van der Waals surface area contributed by atoms with Gasteiger partial charge >= 0.3 is 0 Å². The van der Waals surface area contributed by atoms with Crippen molar-refractivity contribution in [2.75, 3.05) is 0 Å². The van der Waals surface area contributed by atoms with E-state index in [0.717, 1.165) is 11.1 Å². The highest BCUT2D eigenvalue weighted by Gasteiger charge is 2.34. The highest BCUT2D eigenvalue weighted by molar-refractivity contribution is 6.80. The molecule has 0 saturated heterocycles. The van der Waals surface area contributed by atoms with Crippen molar-refractivity contribution in [3.63, 3.8) is 0 Å². The molecule has 1 saturated carbocycles. The van der Waals surface area contributed by atoms with E-state index in [1.54, 1.807) is 0 Å². The van der Waals surface area contributed by atoms with Crippen LogP contribution in [0.25, 0.3) is 0 Å². The average Bonchev–Trinajstić information content (AvgIpc) is 2.31. The van der Waals surface area contributed by atoms with E-state index in [1.807, 2.05) is 0 Å². The molecule has 1 rings (SSSR count). The molecule has 1 aliphatic carbocycles. The molecule has 0 amide bonds. The van der Waals surface area contributed by atoms with Crippen LogP contribution in [0, 0.1) is 0 Å². The van der Waals surface area contributed by atoms with E-state index in [-0.39, 0.29) is 0 Å². The molecule has 0 aromatic carbocycles. The summed E-state index contributed by atoms with van der Waals surface area (Å²) in [6.07, 6.45) is 9.09. The molecule has 0 spiro atoms. The zero-order chi connectivity index (χ0) is 9.90. The smallest absolute Gasteiger partial charge is 0.0530 e. The summed E-state index contributed by atoms with van der Waals surface area (Å²) in [7, 11) is -0.912. The van der Waals surface area contributed by atoms with E-state index < -0.39 is 8.07 Å². The zero-order valence-electron chi connectivity index (χ0n) is 9.90. The largest absolute Gasteiger partial charge is 0.0690 e. The molecule has 0 N–H and O–H groups in total. The first-order chi connectivity index (χ1) is 6.05. The maximum absolute atomic E-state index is 2.60. The van der Waals surface area contributed by atoms with Crippen LogP contribution in [0.5, 0.6) is 0 Å². The Balaban J connectivity index is 2.57. The molecule has 0 radical (unpaired) electrons. The lowest BCUT2D eigenvalue weighted by atomic mass is 10.2. The van der Waals surface area contributed by atoms with Gasteiger partial charge in [0.2, 0.25) is 0 Å². The first kappa shape index (κ1) is 11.3. The molecule has 78 valence electrons. The average molecular weight is 198 g/mol. The van der Waals surface area contributed by atoms with Crippen molar-refractivity contribution in [3.8, 4) is 0 Å². The van der Waals surface area contributed by atoms with Crippen molar-refractivity contribution in [2.45, 2.75) is 76.5 Å². The van der Waals surface area contributed by atoms with Gasteiger partial charge in [-0.1, -0.05) is 71.0 Å². The highest BCUT2D eigenvalue weighted by atomic mass is 28.3. The summed E-state index contributed by atoms with van der Waals surface area (Å²) in [5.74, 6) is 0. The van der Waals surface area contributed by atoms with Crippen LogP contribution in [0.4, 0.5) is 0 Å². The molecule has 13 heavy (non-hydrogen) atoms. The second kappa shape index (κ2) is 4.63. The van der Waals surface area contributed by atoms with Gasteiger partial charge in [0.05, 0.1) is 8.07 Å². The van der Waals surface area contributed by atoms with Crippen LogP contribution >= 0.6 is 0 Å². The highest BCUT2D eigenvalue weighted by Crippen LogP contribution is 2.41. The van der Waals surface area contributed by atoms with Crippen molar-refractivity contribution >= 4 is 8.07 Å². The Bertz CT molecular complexity index is 141. The molecule has 0 unspecified atom stereocenters. The molecule has 1 heteroatoms. The van der Waals surface area contributed by atoms with E-state index in [9.17, 15) is 0 Å². The summed E-state index contributed by atoms with van der Waals surface area (Å²) in [5, 5.41) is 0. The Hall–Kier alpha value is 0.217. The van der Waals surface area contributed by atoms with Crippen LogP contribution in [-0.2, 0) is 0 Å². The third-order valence-electron chi connectivity index (χ3n) is 4.40. The van der Waals surface area contributed by atoms with Gasteiger partial charge in [0.25, 0.3) is 0 Å². The Morgan fingerprint density at radius 2 is 1.38 bits per heavy atom. The maximum Gasteiger partial charge on any atom is 0.0530 e. The normalized spacial score (nSPS) is 21.9. The minimum absolute atomic E-state index is 0.912. The summed E-state index contributed by atoms with van der Waals surface area (Å²) < 4.78 is 0. The third-order valence-corrected chi connectivity index (χ3v) is 10.1. The molecule has 0 heterocycles. The molecular formula is C12H26Si. The minimum atomic E-state index is -0.912. The van der Waals surface area contributed by atoms with Gasteiger partial charge in [-0.3, -0.25) is 0 Å². The van der Waals surface area contributed by atoms with Gasteiger partial charge in [-0.25, -0.2) is 0 Å². The van der Waals surface area contributed by atoms with Crippen LogP contribution < -0.4 is 0 Å². The van der Waals surface area contributed by atoms with E-state index in [2.05, 4.69) is 26.9 Å². The second-order valence-corrected chi connectivity index (χ2v) is 11.3. The number of hydrogen-bond donors (Lipinski definition) is 0. The fraction of sp³-hybridized carbons (Fsp3) is 1.00. The van der Waals surface area contributed by atoms with Crippen molar-refractivity contribution < 1.29 is 0 Å². The lowest BCUT2D eigenvalue weighted by Crippen LogP contribution is -2.35.